The van der Waals surface area contributed by atoms with Crippen molar-refractivity contribution in [1.29, 1.82) is 0 Å². The molecule has 3 heteroatoms. The lowest BCUT2D eigenvalue weighted by molar-refractivity contribution is 0.387. The van der Waals surface area contributed by atoms with E-state index in [-0.39, 0.29) is 5.41 Å². The van der Waals surface area contributed by atoms with E-state index in [0.717, 1.165) is 18.7 Å². The van der Waals surface area contributed by atoms with Crippen LogP contribution in [0.1, 0.15) is 52.3 Å². The average molecular weight is 251 g/mol. The zero-order chi connectivity index (χ0) is 14.3. The fraction of sp³-hybridized carbons (Fsp3) is 0.667. The van der Waals surface area contributed by atoms with E-state index in [2.05, 4.69) is 36.7 Å². The molecule has 0 saturated heterocycles. The van der Waals surface area contributed by atoms with Crippen molar-refractivity contribution in [1.82, 2.24) is 9.88 Å². The second kappa shape index (κ2) is 7.37. The van der Waals surface area contributed by atoms with Gasteiger partial charge in [-0.05, 0) is 37.6 Å². The summed E-state index contributed by atoms with van der Waals surface area (Å²) in [6, 6.07) is 4.01. The highest BCUT2D eigenvalue weighted by Crippen LogP contribution is 2.29. The Bertz CT molecular complexity index is 357. The largest absolute Gasteiger partial charge is 0.384 e. The number of hydrogen-bond acceptors (Lipinski definition) is 3. The maximum atomic E-state index is 5.76. The van der Waals surface area contributed by atoms with Crippen molar-refractivity contribution in [3.8, 4) is 0 Å². The molecule has 1 heterocycles. The molecule has 0 radical (unpaired) electrons. The minimum absolute atomic E-state index is 0.159. The van der Waals surface area contributed by atoms with Gasteiger partial charge >= 0.3 is 0 Å². The molecule has 1 aromatic heterocycles. The topological polar surface area (TPSA) is 42.1 Å². The fourth-order valence-corrected chi connectivity index (χ4v) is 1.74. The number of nitrogens with zero attached hydrogens (tertiary/aromatic N) is 2. The van der Waals surface area contributed by atoms with Crippen LogP contribution in [0.3, 0.4) is 0 Å². The summed E-state index contributed by atoms with van der Waals surface area (Å²) < 4.78 is 0. The molecule has 3 nitrogen and oxygen atoms in total. The van der Waals surface area contributed by atoms with Gasteiger partial charge in [0.1, 0.15) is 5.82 Å². The molecular weight excluding hydrogens is 222 g/mol. The lowest BCUT2D eigenvalue weighted by Gasteiger charge is -2.26. The van der Waals surface area contributed by atoms with Crippen molar-refractivity contribution in [2.75, 3.05) is 19.8 Å². The molecule has 0 aliphatic rings. The summed E-state index contributed by atoms with van der Waals surface area (Å²) >= 11 is 0. The van der Waals surface area contributed by atoms with Gasteiger partial charge in [0.05, 0.1) is 5.69 Å². The molecule has 104 valence electrons. The van der Waals surface area contributed by atoms with Gasteiger partial charge in [-0.2, -0.15) is 0 Å². The summed E-state index contributed by atoms with van der Waals surface area (Å²) in [6.45, 7) is 11.5. The number of nitrogen functional groups attached to an aromatic ring is 1. The third-order valence-electron chi connectivity index (χ3n) is 3.07. The fourth-order valence-electron chi connectivity index (χ4n) is 1.74. The van der Waals surface area contributed by atoms with Crippen LogP contribution in [0.5, 0.6) is 0 Å². The van der Waals surface area contributed by atoms with Crippen molar-refractivity contribution in [3.05, 3.63) is 23.4 Å². The van der Waals surface area contributed by atoms with Crippen molar-refractivity contribution < 1.29 is 0 Å². The molecule has 0 amide bonds. The van der Waals surface area contributed by atoms with E-state index in [4.69, 9.17) is 5.73 Å². The van der Waals surface area contributed by atoms with Crippen LogP contribution in [0, 0.1) is 0 Å². The molecule has 18 heavy (non-hydrogen) atoms. The molecular formula is C15H29N3. The maximum Gasteiger partial charge on any atom is 0.123 e. The van der Waals surface area contributed by atoms with Gasteiger partial charge in [-0.15, -0.1) is 0 Å². The molecule has 0 unspecified atom stereocenters. The molecule has 1 rings (SSSR count). The number of anilines is 1. The van der Waals surface area contributed by atoms with Crippen LogP contribution < -0.4 is 5.73 Å². The quantitative estimate of drug-likeness (QED) is 0.891. The predicted octanol–water partition coefficient (Wildman–Crippen LogP) is 3.44. The van der Waals surface area contributed by atoms with Gasteiger partial charge < -0.3 is 10.6 Å². The number of pyridine rings is 1. The van der Waals surface area contributed by atoms with Gasteiger partial charge in [-0.1, -0.05) is 40.7 Å². The maximum absolute atomic E-state index is 5.76. The van der Waals surface area contributed by atoms with Crippen molar-refractivity contribution >= 4 is 5.82 Å². The normalized spacial score (nSPS) is 11.1. The smallest absolute Gasteiger partial charge is 0.123 e. The van der Waals surface area contributed by atoms with E-state index < -0.39 is 0 Å². The predicted molar refractivity (Wildman–Crippen MR) is 80.7 cm³/mol. The van der Waals surface area contributed by atoms with Crippen LogP contribution in [-0.4, -0.2) is 24.0 Å². The van der Waals surface area contributed by atoms with Crippen LogP contribution >= 0.6 is 0 Å². The van der Waals surface area contributed by atoms with Gasteiger partial charge in [0.15, 0.2) is 0 Å². The Balaban J connectivity index is 0.00000137. The number of nitrogens with two attached hydrogens (primary N) is 1. The third-order valence-corrected chi connectivity index (χ3v) is 3.07. The van der Waals surface area contributed by atoms with Gasteiger partial charge in [-0.25, -0.2) is 4.98 Å². The number of rotatable bonds is 4. The van der Waals surface area contributed by atoms with Crippen LogP contribution in [0.15, 0.2) is 12.1 Å². The Morgan fingerprint density at radius 1 is 1.22 bits per heavy atom. The summed E-state index contributed by atoms with van der Waals surface area (Å²) in [5.74, 6) is 0.604. The molecule has 0 bridgehead atoms. The van der Waals surface area contributed by atoms with E-state index in [9.17, 15) is 0 Å². The first kappa shape index (κ1) is 16.9. The molecule has 2 N–H and O–H groups in total. The van der Waals surface area contributed by atoms with Crippen molar-refractivity contribution in [2.24, 2.45) is 0 Å². The number of hydrogen-bond donors (Lipinski definition) is 1. The lowest BCUT2D eigenvalue weighted by Crippen LogP contribution is -2.22. The van der Waals surface area contributed by atoms with Gasteiger partial charge in [0.25, 0.3) is 0 Å². The second-order valence-corrected chi connectivity index (χ2v) is 5.21. The molecule has 0 fully saturated rings. The van der Waals surface area contributed by atoms with Gasteiger partial charge in [0, 0.05) is 6.54 Å². The van der Waals surface area contributed by atoms with E-state index >= 15 is 0 Å². The summed E-state index contributed by atoms with van der Waals surface area (Å²) in [6.07, 6.45) is 1.10. The molecule has 0 aliphatic carbocycles. The second-order valence-electron chi connectivity index (χ2n) is 5.21. The molecule has 0 saturated carbocycles. The Labute approximate surface area is 112 Å². The summed E-state index contributed by atoms with van der Waals surface area (Å²) in [5.41, 5.74) is 8.32. The lowest BCUT2D eigenvalue weighted by atomic mass is 9.81. The van der Waals surface area contributed by atoms with E-state index in [1.807, 2.05) is 34.0 Å². The molecule has 0 spiro atoms. The summed E-state index contributed by atoms with van der Waals surface area (Å²) in [7, 11) is 4.10. The average Bonchev–Trinajstić information content (AvgIpc) is 2.30. The van der Waals surface area contributed by atoms with E-state index in [1.54, 1.807) is 0 Å². The van der Waals surface area contributed by atoms with Gasteiger partial charge in [0.2, 0.25) is 0 Å². The summed E-state index contributed by atoms with van der Waals surface area (Å²) in [5, 5.41) is 0. The Morgan fingerprint density at radius 3 is 2.22 bits per heavy atom. The standard InChI is InChI=1S/C13H23N3.C2H6/c1-6-13(2,3)10-7-8-12(14)15-11(10)9-16(4)5;1-2/h7-8H,6,9H2,1-5H3,(H2,14,15);1-2H3. The van der Waals surface area contributed by atoms with E-state index in [1.165, 1.54) is 5.56 Å². The zero-order valence-electron chi connectivity index (χ0n) is 13.0. The molecule has 1 aromatic rings. The monoisotopic (exact) mass is 251 g/mol. The highest BCUT2D eigenvalue weighted by atomic mass is 15.1. The zero-order valence-corrected chi connectivity index (χ0v) is 13.0. The van der Waals surface area contributed by atoms with Crippen molar-refractivity contribution in [2.45, 2.75) is 53.0 Å². The Kier molecular flexibility index (Phi) is 6.92. The minimum Gasteiger partial charge on any atom is -0.384 e. The van der Waals surface area contributed by atoms with Crippen LogP contribution in [0.4, 0.5) is 5.82 Å². The Hall–Kier alpha value is -1.09. The van der Waals surface area contributed by atoms with E-state index in [0.29, 0.717) is 5.82 Å². The highest BCUT2D eigenvalue weighted by molar-refractivity contribution is 5.37. The van der Waals surface area contributed by atoms with Crippen LogP contribution in [0.25, 0.3) is 0 Å². The van der Waals surface area contributed by atoms with Crippen LogP contribution in [0.2, 0.25) is 0 Å². The van der Waals surface area contributed by atoms with Crippen molar-refractivity contribution in [3.63, 3.8) is 0 Å². The first-order valence-corrected chi connectivity index (χ1v) is 6.77. The van der Waals surface area contributed by atoms with Crippen LogP contribution in [-0.2, 0) is 12.0 Å². The minimum atomic E-state index is 0.159. The Morgan fingerprint density at radius 2 is 1.78 bits per heavy atom. The molecule has 0 aromatic carbocycles. The molecule has 0 aliphatic heterocycles. The first-order valence-electron chi connectivity index (χ1n) is 6.77. The first-order chi connectivity index (χ1) is 8.36. The number of aromatic nitrogens is 1. The van der Waals surface area contributed by atoms with Gasteiger partial charge in [-0.3, -0.25) is 0 Å². The summed E-state index contributed by atoms with van der Waals surface area (Å²) in [4.78, 5) is 6.59. The molecule has 0 atom stereocenters. The SMILES string of the molecule is CC.CCC(C)(C)c1ccc(N)nc1CN(C)C. The third kappa shape index (κ3) is 4.65. The highest BCUT2D eigenvalue weighted by Gasteiger charge is 2.22.